The van der Waals surface area contributed by atoms with Gasteiger partial charge in [-0.05, 0) is 52.3 Å². The van der Waals surface area contributed by atoms with Gasteiger partial charge >= 0.3 is 5.97 Å². The van der Waals surface area contributed by atoms with Gasteiger partial charge in [-0.15, -0.1) is 0 Å². The normalized spacial score (nSPS) is 10.1. The number of anilines is 1. The van der Waals surface area contributed by atoms with Crippen LogP contribution in [0.4, 0.5) is 5.69 Å². The van der Waals surface area contributed by atoms with Crippen LogP contribution in [0.5, 0.6) is 17.2 Å². The number of benzene rings is 2. The van der Waals surface area contributed by atoms with Crippen LogP contribution in [-0.2, 0) is 0 Å². The standard InChI is InChI=1S/C14H12BrNO4/c1-19-9-3-5-12(10(15)7-9)20-13-4-2-8(14(17)18)6-11(13)16/h2-7H,16H2,1H3,(H,17,18). The zero-order chi connectivity index (χ0) is 14.7. The van der Waals surface area contributed by atoms with E-state index in [0.717, 1.165) is 0 Å². The van der Waals surface area contributed by atoms with Crippen LogP contribution in [0.1, 0.15) is 10.4 Å². The summed E-state index contributed by atoms with van der Waals surface area (Å²) in [5, 5.41) is 8.87. The minimum absolute atomic E-state index is 0.114. The Balaban J connectivity index is 2.28. The van der Waals surface area contributed by atoms with Gasteiger partial charge in [-0.2, -0.15) is 0 Å². The number of ether oxygens (including phenoxy) is 2. The number of rotatable bonds is 4. The summed E-state index contributed by atoms with van der Waals surface area (Å²) in [7, 11) is 1.57. The molecule has 0 aliphatic rings. The van der Waals surface area contributed by atoms with Gasteiger partial charge in [0.25, 0.3) is 0 Å². The molecule has 2 aromatic rings. The molecule has 0 aliphatic carbocycles. The maximum Gasteiger partial charge on any atom is 0.335 e. The van der Waals surface area contributed by atoms with Gasteiger partial charge in [0.05, 0.1) is 22.8 Å². The Labute approximate surface area is 124 Å². The van der Waals surface area contributed by atoms with E-state index in [0.29, 0.717) is 21.7 Å². The van der Waals surface area contributed by atoms with Crippen molar-refractivity contribution in [3.8, 4) is 17.2 Å². The predicted octanol–water partition coefficient (Wildman–Crippen LogP) is 3.53. The molecule has 104 valence electrons. The van der Waals surface area contributed by atoms with Gasteiger partial charge < -0.3 is 20.3 Å². The Morgan fingerprint density at radius 3 is 2.45 bits per heavy atom. The van der Waals surface area contributed by atoms with E-state index in [1.807, 2.05) is 0 Å². The average Bonchev–Trinajstić information content (AvgIpc) is 2.42. The van der Waals surface area contributed by atoms with Gasteiger partial charge in [0, 0.05) is 0 Å². The molecule has 0 radical (unpaired) electrons. The Kier molecular flexibility index (Phi) is 4.14. The van der Waals surface area contributed by atoms with Crippen LogP contribution in [0.2, 0.25) is 0 Å². The van der Waals surface area contributed by atoms with Crippen LogP contribution >= 0.6 is 15.9 Å². The molecule has 0 saturated heterocycles. The van der Waals surface area contributed by atoms with Crippen molar-refractivity contribution in [2.24, 2.45) is 0 Å². The fourth-order valence-corrected chi connectivity index (χ4v) is 2.02. The molecule has 0 amide bonds. The summed E-state index contributed by atoms with van der Waals surface area (Å²) >= 11 is 3.37. The zero-order valence-electron chi connectivity index (χ0n) is 10.6. The van der Waals surface area contributed by atoms with Crippen molar-refractivity contribution in [3.05, 3.63) is 46.4 Å². The third kappa shape index (κ3) is 3.03. The Bertz CT molecular complexity index is 658. The SMILES string of the molecule is COc1ccc(Oc2ccc(C(=O)O)cc2N)c(Br)c1. The fraction of sp³-hybridized carbons (Fsp3) is 0.0714. The average molecular weight is 338 g/mol. The van der Waals surface area contributed by atoms with E-state index >= 15 is 0 Å². The smallest absolute Gasteiger partial charge is 0.335 e. The molecule has 0 bridgehead atoms. The van der Waals surface area contributed by atoms with Gasteiger partial charge in [0.1, 0.15) is 17.2 Å². The number of nitrogen functional groups attached to an aromatic ring is 1. The maximum atomic E-state index is 10.8. The summed E-state index contributed by atoms with van der Waals surface area (Å²) in [6.45, 7) is 0. The number of hydrogen-bond acceptors (Lipinski definition) is 4. The molecule has 0 saturated carbocycles. The second kappa shape index (κ2) is 5.83. The molecule has 2 rings (SSSR count). The van der Waals surface area contributed by atoms with E-state index in [1.165, 1.54) is 18.2 Å². The highest BCUT2D eigenvalue weighted by Gasteiger charge is 2.10. The predicted molar refractivity (Wildman–Crippen MR) is 78.6 cm³/mol. The van der Waals surface area contributed by atoms with Crippen LogP contribution in [0.3, 0.4) is 0 Å². The van der Waals surface area contributed by atoms with Crippen molar-refractivity contribution in [1.29, 1.82) is 0 Å². The van der Waals surface area contributed by atoms with E-state index < -0.39 is 5.97 Å². The molecule has 0 fully saturated rings. The quantitative estimate of drug-likeness (QED) is 0.834. The second-order valence-electron chi connectivity index (χ2n) is 3.96. The number of halogens is 1. The molecule has 0 heterocycles. The first-order valence-electron chi connectivity index (χ1n) is 5.65. The molecular weight excluding hydrogens is 326 g/mol. The maximum absolute atomic E-state index is 10.8. The minimum atomic E-state index is -1.03. The summed E-state index contributed by atoms with van der Waals surface area (Å²) in [6, 6.07) is 9.56. The Hall–Kier alpha value is -2.21. The van der Waals surface area contributed by atoms with Crippen molar-refractivity contribution in [2.45, 2.75) is 0 Å². The summed E-state index contributed by atoms with van der Waals surface area (Å²) in [5.41, 5.74) is 6.16. The summed E-state index contributed by atoms with van der Waals surface area (Å²) in [5.74, 6) is 0.605. The molecule has 0 aliphatic heterocycles. The number of hydrogen-bond donors (Lipinski definition) is 2. The molecule has 5 nitrogen and oxygen atoms in total. The fourth-order valence-electron chi connectivity index (χ4n) is 1.58. The lowest BCUT2D eigenvalue weighted by Crippen LogP contribution is -1.99. The summed E-state index contributed by atoms with van der Waals surface area (Å²) in [6.07, 6.45) is 0. The molecule has 0 aromatic heterocycles. The number of carboxylic acids is 1. The van der Waals surface area contributed by atoms with Crippen molar-refractivity contribution in [1.82, 2.24) is 0 Å². The molecule has 6 heteroatoms. The number of carbonyl (C=O) groups is 1. The molecule has 0 spiro atoms. The molecule has 2 aromatic carbocycles. The van der Waals surface area contributed by atoms with Crippen LogP contribution in [0.15, 0.2) is 40.9 Å². The largest absolute Gasteiger partial charge is 0.497 e. The van der Waals surface area contributed by atoms with Crippen LogP contribution in [0.25, 0.3) is 0 Å². The highest BCUT2D eigenvalue weighted by atomic mass is 79.9. The van der Waals surface area contributed by atoms with E-state index in [1.54, 1.807) is 25.3 Å². The highest BCUT2D eigenvalue weighted by Crippen LogP contribution is 2.35. The van der Waals surface area contributed by atoms with Gasteiger partial charge in [-0.3, -0.25) is 0 Å². The third-order valence-electron chi connectivity index (χ3n) is 2.62. The van der Waals surface area contributed by atoms with Crippen molar-refractivity contribution < 1.29 is 19.4 Å². The van der Waals surface area contributed by atoms with Gasteiger partial charge in [-0.25, -0.2) is 4.79 Å². The van der Waals surface area contributed by atoms with Crippen LogP contribution < -0.4 is 15.2 Å². The first-order valence-corrected chi connectivity index (χ1v) is 6.45. The molecular formula is C14H12BrNO4. The third-order valence-corrected chi connectivity index (χ3v) is 3.24. The number of methoxy groups -OCH3 is 1. The topological polar surface area (TPSA) is 81.8 Å². The lowest BCUT2D eigenvalue weighted by molar-refractivity contribution is 0.0697. The van der Waals surface area contributed by atoms with E-state index in [4.69, 9.17) is 20.3 Å². The molecule has 3 N–H and O–H groups in total. The Morgan fingerprint density at radius 1 is 1.20 bits per heavy atom. The second-order valence-corrected chi connectivity index (χ2v) is 4.81. The summed E-state index contributed by atoms with van der Waals surface area (Å²) in [4.78, 5) is 10.8. The van der Waals surface area contributed by atoms with E-state index in [9.17, 15) is 4.79 Å². The van der Waals surface area contributed by atoms with E-state index in [-0.39, 0.29) is 11.3 Å². The van der Waals surface area contributed by atoms with Crippen molar-refractivity contribution in [2.75, 3.05) is 12.8 Å². The minimum Gasteiger partial charge on any atom is -0.497 e. The zero-order valence-corrected chi connectivity index (χ0v) is 12.2. The van der Waals surface area contributed by atoms with Gasteiger partial charge in [-0.1, -0.05) is 0 Å². The number of carboxylic acid groups (broad SMARTS) is 1. The lowest BCUT2D eigenvalue weighted by atomic mass is 10.2. The number of aromatic carboxylic acids is 1. The monoisotopic (exact) mass is 337 g/mol. The lowest BCUT2D eigenvalue weighted by Gasteiger charge is -2.11. The molecule has 0 unspecified atom stereocenters. The van der Waals surface area contributed by atoms with Crippen molar-refractivity contribution >= 4 is 27.6 Å². The highest BCUT2D eigenvalue weighted by molar-refractivity contribution is 9.10. The summed E-state index contributed by atoms with van der Waals surface area (Å²) < 4.78 is 11.5. The van der Waals surface area contributed by atoms with Crippen molar-refractivity contribution in [3.63, 3.8) is 0 Å². The Morgan fingerprint density at radius 2 is 1.90 bits per heavy atom. The molecule has 0 atom stereocenters. The number of nitrogens with two attached hydrogens (primary N) is 1. The molecule has 20 heavy (non-hydrogen) atoms. The van der Waals surface area contributed by atoms with Crippen LogP contribution in [0, 0.1) is 0 Å². The first kappa shape index (κ1) is 14.2. The van der Waals surface area contributed by atoms with E-state index in [2.05, 4.69) is 15.9 Å². The first-order chi connectivity index (χ1) is 9.51. The van der Waals surface area contributed by atoms with Crippen LogP contribution in [-0.4, -0.2) is 18.2 Å². The van der Waals surface area contributed by atoms with Gasteiger partial charge in [0.15, 0.2) is 0 Å². The van der Waals surface area contributed by atoms with Gasteiger partial charge in [0.2, 0.25) is 0 Å².